The molecule has 1 aliphatic rings. The zero-order valence-electron chi connectivity index (χ0n) is 13.9. The molecular formula is C19H21NO4. The van der Waals surface area contributed by atoms with E-state index in [1.165, 1.54) is 0 Å². The van der Waals surface area contributed by atoms with Crippen LogP contribution in [0.25, 0.3) is 0 Å². The number of benzene rings is 2. The summed E-state index contributed by atoms with van der Waals surface area (Å²) in [5.41, 5.74) is 1.29. The second-order valence-electron chi connectivity index (χ2n) is 5.89. The zero-order chi connectivity index (χ0) is 17.1. The molecule has 1 unspecified atom stereocenters. The van der Waals surface area contributed by atoms with E-state index in [-0.39, 0.29) is 17.8 Å². The quantitative estimate of drug-likeness (QED) is 0.938. The molecular weight excluding hydrogens is 306 g/mol. The number of amides is 1. The maximum Gasteiger partial charge on any atom is 0.257 e. The number of aryl methyl sites for hydroxylation is 1. The first kappa shape index (κ1) is 16.2. The normalized spacial score (nSPS) is 15.8. The van der Waals surface area contributed by atoms with Gasteiger partial charge in [-0.1, -0.05) is 25.1 Å². The Balaban J connectivity index is 1.67. The Morgan fingerprint density at radius 1 is 1.25 bits per heavy atom. The number of carbonyl (C=O) groups is 1. The summed E-state index contributed by atoms with van der Waals surface area (Å²) in [7, 11) is 1.69. The van der Waals surface area contributed by atoms with Crippen molar-refractivity contribution in [3.63, 3.8) is 0 Å². The number of phenolic OH excluding ortho intramolecular Hbond substituents is 1. The smallest absolute Gasteiger partial charge is 0.257 e. The minimum absolute atomic E-state index is 0.0114. The van der Waals surface area contributed by atoms with E-state index in [2.05, 4.69) is 0 Å². The average Bonchev–Trinajstić information content (AvgIpc) is 2.60. The molecule has 1 heterocycles. The number of fused-ring (bicyclic) bond motifs is 1. The number of hydrogen-bond donors (Lipinski definition) is 1. The van der Waals surface area contributed by atoms with Crippen molar-refractivity contribution in [2.45, 2.75) is 19.4 Å². The molecule has 126 valence electrons. The molecule has 1 atom stereocenters. The number of phenols is 1. The van der Waals surface area contributed by atoms with Crippen molar-refractivity contribution in [2.75, 3.05) is 20.2 Å². The number of carbonyl (C=O) groups excluding carboxylic acids is 1. The molecule has 24 heavy (non-hydrogen) atoms. The summed E-state index contributed by atoms with van der Waals surface area (Å²) in [5, 5.41) is 10.1. The summed E-state index contributed by atoms with van der Waals surface area (Å²) in [6.45, 7) is 2.76. The van der Waals surface area contributed by atoms with Gasteiger partial charge >= 0.3 is 0 Å². The van der Waals surface area contributed by atoms with Crippen molar-refractivity contribution in [3.8, 4) is 17.2 Å². The summed E-state index contributed by atoms with van der Waals surface area (Å²) in [6.07, 6.45) is 0.566. The Bertz CT molecular complexity index is 744. The highest BCUT2D eigenvalue weighted by Gasteiger charge is 2.25. The van der Waals surface area contributed by atoms with E-state index in [0.717, 1.165) is 17.7 Å². The van der Waals surface area contributed by atoms with Crippen LogP contribution in [0.1, 0.15) is 22.8 Å². The van der Waals surface area contributed by atoms with Gasteiger partial charge in [-0.25, -0.2) is 0 Å². The van der Waals surface area contributed by atoms with Crippen LogP contribution >= 0.6 is 0 Å². The van der Waals surface area contributed by atoms with Gasteiger partial charge in [0.15, 0.2) is 17.6 Å². The van der Waals surface area contributed by atoms with E-state index < -0.39 is 0 Å². The Hall–Kier alpha value is -2.69. The van der Waals surface area contributed by atoms with E-state index in [4.69, 9.17) is 9.47 Å². The molecule has 3 rings (SSSR count). The molecule has 0 saturated carbocycles. The molecule has 1 aliphatic heterocycles. The van der Waals surface area contributed by atoms with Crippen LogP contribution in [0.5, 0.6) is 17.2 Å². The predicted octanol–water partition coefficient (Wildman–Crippen LogP) is 2.87. The Morgan fingerprint density at radius 3 is 2.71 bits per heavy atom. The monoisotopic (exact) mass is 327 g/mol. The molecule has 0 saturated heterocycles. The Morgan fingerprint density at radius 2 is 2.00 bits per heavy atom. The van der Waals surface area contributed by atoms with Crippen LogP contribution in [0, 0.1) is 0 Å². The lowest BCUT2D eigenvalue weighted by Crippen LogP contribution is -2.41. The molecule has 2 aromatic rings. The second kappa shape index (κ2) is 6.83. The largest absolute Gasteiger partial charge is 0.507 e. The molecule has 0 aliphatic carbocycles. The van der Waals surface area contributed by atoms with Crippen molar-refractivity contribution in [1.82, 2.24) is 4.90 Å². The lowest BCUT2D eigenvalue weighted by molar-refractivity contribution is 0.0519. The van der Waals surface area contributed by atoms with Gasteiger partial charge in [-0.3, -0.25) is 4.79 Å². The fraction of sp³-hybridized carbons (Fsp3) is 0.316. The van der Waals surface area contributed by atoms with Crippen LogP contribution in [-0.2, 0) is 6.42 Å². The van der Waals surface area contributed by atoms with Crippen LogP contribution in [-0.4, -0.2) is 42.2 Å². The van der Waals surface area contributed by atoms with Gasteiger partial charge in [0.1, 0.15) is 12.4 Å². The van der Waals surface area contributed by atoms with Gasteiger partial charge in [-0.2, -0.15) is 0 Å². The van der Waals surface area contributed by atoms with Gasteiger partial charge < -0.3 is 19.5 Å². The maximum absolute atomic E-state index is 12.6. The molecule has 1 amide bonds. The van der Waals surface area contributed by atoms with Gasteiger partial charge in [0, 0.05) is 7.05 Å². The van der Waals surface area contributed by atoms with Gasteiger partial charge in [-0.15, -0.1) is 0 Å². The van der Waals surface area contributed by atoms with Gasteiger partial charge in [0.25, 0.3) is 5.91 Å². The van der Waals surface area contributed by atoms with Gasteiger partial charge in [0.05, 0.1) is 12.1 Å². The minimum Gasteiger partial charge on any atom is -0.507 e. The average molecular weight is 327 g/mol. The summed E-state index contributed by atoms with van der Waals surface area (Å²) in [6, 6.07) is 12.6. The summed E-state index contributed by atoms with van der Waals surface area (Å²) < 4.78 is 11.5. The molecule has 0 bridgehead atoms. The van der Waals surface area contributed by atoms with Crippen molar-refractivity contribution in [3.05, 3.63) is 53.6 Å². The predicted molar refractivity (Wildman–Crippen MR) is 90.8 cm³/mol. The fourth-order valence-electron chi connectivity index (χ4n) is 2.73. The highest BCUT2D eigenvalue weighted by Crippen LogP contribution is 2.31. The third kappa shape index (κ3) is 3.30. The number of hydrogen-bond acceptors (Lipinski definition) is 4. The highest BCUT2D eigenvalue weighted by atomic mass is 16.6. The first-order valence-electron chi connectivity index (χ1n) is 8.04. The van der Waals surface area contributed by atoms with Gasteiger partial charge in [-0.05, 0) is 36.2 Å². The van der Waals surface area contributed by atoms with Crippen LogP contribution in [0.4, 0.5) is 0 Å². The van der Waals surface area contributed by atoms with E-state index in [9.17, 15) is 9.90 Å². The first-order chi connectivity index (χ1) is 11.6. The molecule has 2 aromatic carbocycles. The standard InChI is InChI=1S/C19H21NO4/c1-3-13-8-9-15(16(21)10-13)19(22)20(2)11-14-12-23-17-6-4-5-7-18(17)24-14/h4-10,14,21H,3,11-12H2,1-2H3. The molecule has 0 radical (unpaired) electrons. The third-order valence-electron chi connectivity index (χ3n) is 4.09. The van der Waals surface area contributed by atoms with Crippen LogP contribution < -0.4 is 9.47 Å². The van der Waals surface area contributed by atoms with E-state index in [1.54, 1.807) is 24.1 Å². The van der Waals surface area contributed by atoms with E-state index >= 15 is 0 Å². The van der Waals surface area contributed by atoms with E-state index in [0.29, 0.717) is 24.5 Å². The van der Waals surface area contributed by atoms with Gasteiger partial charge in [0.2, 0.25) is 0 Å². The molecule has 0 aromatic heterocycles. The fourth-order valence-corrected chi connectivity index (χ4v) is 2.73. The van der Waals surface area contributed by atoms with Crippen molar-refractivity contribution < 1.29 is 19.4 Å². The molecule has 0 fully saturated rings. The third-order valence-corrected chi connectivity index (χ3v) is 4.09. The van der Waals surface area contributed by atoms with Crippen LogP contribution in [0.3, 0.4) is 0 Å². The zero-order valence-corrected chi connectivity index (χ0v) is 13.9. The molecule has 1 N–H and O–H groups in total. The SMILES string of the molecule is CCc1ccc(C(=O)N(C)CC2COc3ccccc3O2)c(O)c1. The molecule has 5 heteroatoms. The summed E-state index contributed by atoms with van der Waals surface area (Å²) >= 11 is 0. The number of likely N-dealkylation sites (N-methyl/N-ethyl adjacent to an activating group) is 1. The lowest BCUT2D eigenvalue weighted by Gasteiger charge is -2.29. The number of nitrogens with zero attached hydrogens (tertiary/aromatic N) is 1. The summed E-state index contributed by atoms with van der Waals surface area (Å²) in [5.74, 6) is 1.18. The van der Waals surface area contributed by atoms with Crippen molar-refractivity contribution in [1.29, 1.82) is 0 Å². The Kier molecular flexibility index (Phi) is 4.60. The highest BCUT2D eigenvalue weighted by molar-refractivity contribution is 5.96. The second-order valence-corrected chi connectivity index (χ2v) is 5.89. The topological polar surface area (TPSA) is 59.0 Å². The number of rotatable bonds is 4. The van der Waals surface area contributed by atoms with Crippen molar-refractivity contribution in [2.24, 2.45) is 0 Å². The molecule has 0 spiro atoms. The first-order valence-corrected chi connectivity index (χ1v) is 8.04. The van der Waals surface area contributed by atoms with Crippen LogP contribution in [0.15, 0.2) is 42.5 Å². The number of ether oxygens (including phenoxy) is 2. The lowest BCUT2D eigenvalue weighted by atomic mass is 10.1. The Labute approximate surface area is 141 Å². The van der Waals surface area contributed by atoms with Crippen molar-refractivity contribution >= 4 is 5.91 Å². The molecule has 5 nitrogen and oxygen atoms in total. The van der Waals surface area contributed by atoms with Crippen LogP contribution in [0.2, 0.25) is 0 Å². The maximum atomic E-state index is 12.6. The van der Waals surface area contributed by atoms with E-state index in [1.807, 2.05) is 37.3 Å². The minimum atomic E-state index is -0.245. The number of para-hydroxylation sites is 2. The number of aromatic hydroxyl groups is 1. The summed E-state index contributed by atoms with van der Waals surface area (Å²) in [4.78, 5) is 14.1.